The summed E-state index contributed by atoms with van der Waals surface area (Å²) in [7, 11) is -3.32. The Balaban J connectivity index is 2.19. The number of nitrogens with zero attached hydrogens (tertiary/aromatic N) is 2. The van der Waals surface area contributed by atoms with Crippen LogP contribution in [0.2, 0.25) is 0 Å². The average molecular weight is 395 g/mol. The van der Waals surface area contributed by atoms with Crippen LogP contribution in [-0.2, 0) is 16.6 Å². The number of nitrogens with one attached hydrogen (secondary N) is 2. The molecule has 0 aromatic heterocycles. The highest BCUT2D eigenvalue weighted by atomic mass is 32.2. The van der Waals surface area contributed by atoms with Gasteiger partial charge in [0, 0.05) is 19.6 Å². The molecule has 1 saturated heterocycles. The molecule has 1 heterocycles. The van der Waals surface area contributed by atoms with E-state index < -0.39 is 10.0 Å². The molecule has 0 spiro atoms. The molecule has 0 radical (unpaired) electrons. The van der Waals surface area contributed by atoms with Crippen molar-refractivity contribution in [1.29, 1.82) is 0 Å². The van der Waals surface area contributed by atoms with E-state index in [9.17, 15) is 8.42 Å². The average Bonchev–Trinajstić information content (AvgIpc) is 2.58. The van der Waals surface area contributed by atoms with Crippen LogP contribution in [0.1, 0.15) is 52.0 Å². The van der Waals surface area contributed by atoms with Crippen LogP contribution in [0.25, 0.3) is 0 Å². The van der Waals surface area contributed by atoms with Gasteiger partial charge in [0.25, 0.3) is 0 Å². The van der Waals surface area contributed by atoms with Crippen molar-refractivity contribution < 1.29 is 8.42 Å². The lowest BCUT2D eigenvalue weighted by molar-refractivity contribution is 0.142. The van der Waals surface area contributed by atoms with E-state index in [1.165, 1.54) is 31.9 Å². The third-order valence-corrected chi connectivity index (χ3v) is 5.57. The molecule has 0 amide bonds. The van der Waals surface area contributed by atoms with Crippen LogP contribution in [0.15, 0.2) is 29.3 Å². The number of anilines is 1. The van der Waals surface area contributed by atoms with Crippen molar-refractivity contribution in [2.75, 3.05) is 30.6 Å². The van der Waals surface area contributed by atoms with Crippen LogP contribution in [0, 0.1) is 5.41 Å². The van der Waals surface area contributed by atoms with Gasteiger partial charge in [0.05, 0.1) is 18.5 Å². The first-order valence-corrected chi connectivity index (χ1v) is 11.7. The summed E-state index contributed by atoms with van der Waals surface area (Å²) in [5, 5.41) is 3.41. The van der Waals surface area contributed by atoms with Crippen LogP contribution < -0.4 is 10.0 Å². The van der Waals surface area contributed by atoms with Gasteiger partial charge in [0.15, 0.2) is 5.96 Å². The number of hydrogen-bond donors (Lipinski definition) is 2. The van der Waals surface area contributed by atoms with Gasteiger partial charge < -0.3 is 10.2 Å². The molecule has 7 heteroatoms. The third kappa shape index (κ3) is 6.72. The summed E-state index contributed by atoms with van der Waals surface area (Å²) >= 11 is 0. The molecular formula is C20H34N4O2S. The molecule has 1 aliphatic rings. The third-order valence-electron chi connectivity index (χ3n) is 4.98. The largest absolute Gasteiger partial charge is 0.357 e. The number of sulfonamides is 1. The Morgan fingerprint density at radius 1 is 1.30 bits per heavy atom. The second kappa shape index (κ2) is 9.44. The van der Waals surface area contributed by atoms with Crippen LogP contribution in [0.3, 0.4) is 0 Å². The Morgan fingerprint density at radius 3 is 2.70 bits per heavy atom. The van der Waals surface area contributed by atoms with Gasteiger partial charge in [-0.25, -0.2) is 13.4 Å². The zero-order chi connectivity index (χ0) is 19.9. The lowest BCUT2D eigenvalue weighted by Gasteiger charge is -2.42. The van der Waals surface area contributed by atoms with Gasteiger partial charge in [-0.15, -0.1) is 0 Å². The molecular weight excluding hydrogens is 360 g/mol. The fraction of sp³-hybridized carbons (Fsp3) is 0.650. The normalized spacial score (nSPS) is 21.2. The zero-order valence-corrected chi connectivity index (χ0v) is 17.9. The number of guanidine groups is 1. The topological polar surface area (TPSA) is 73.8 Å². The van der Waals surface area contributed by atoms with Gasteiger partial charge in [-0.3, -0.25) is 4.72 Å². The smallest absolute Gasteiger partial charge is 0.229 e. The minimum Gasteiger partial charge on any atom is -0.357 e. The van der Waals surface area contributed by atoms with Crippen molar-refractivity contribution in [3.8, 4) is 0 Å². The van der Waals surface area contributed by atoms with Gasteiger partial charge >= 0.3 is 0 Å². The van der Waals surface area contributed by atoms with Gasteiger partial charge in [0.2, 0.25) is 10.0 Å². The van der Waals surface area contributed by atoms with Crippen molar-refractivity contribution in [2.45, 2.75) is 53.0 Å². The van der Waals surface area contributed by atoms with Crippen LogP contribution >= 0.6 is 0 Å². The molecule has 1 aromatic carbocycles. The molecule has 1 atom stereocenters. The van der Waals surface area contributed by atoms with E-state index in [-0.39, 0.29) is 0 Å². The maximum absolute atomic E-state index is 11.6. The molecule has 152 valence electrons. The van der Waals surface area contributed by atoms with E-state index in [1.807, 2.05) is 18.2 Å². The lowest BCUT2D eigenvalue weighted by atomic mass is 9.78. The number of rotatable bonds is 7. The Morgan fingerprint density at radius 2 is 2.04 bits per heavy atom. The highest BCUT2D eigenvalue weighted by Crippen LogP contribution is 2.34. The van der Waals surface area contributed by atoms with E-state index in [4.69, 9.17) is 4.99 Å². The van der Waals surface area contributed by atoms with Crippen LogP contribution in [0.5, 0.6) is 0 Å². The summed E-state index contributed by atoms with van der Waals surface area (Å²) in [6.07, 6.45) is 6.02. The number of benzene rings is 1. The zero-order valence-electron chi connectivity index (χ0n) is 17.1. The Labute approximate surface area is 164 Å². The standard InChI is InChI=1S/C20H34N4O2S/c1-5-12-20(3)13-9-14-24(16-20)19(21-6-2)22-15-17-10-7-8-11-18(17)23-27(4,25)26/h7-8,10-11,23H,5-6,9,12-16H2,1-4H3,(H,21,22). The number of likely N-dealkylation sites (tertiary alicyclic amines) is 1. The molecule has 2 N–H and O–H groups in total. The molecule has 2 rings (SSSR count). The predicted molar refractivity (Wildman–Crippen MR) is 114 cm³/mol. The minimum atomic E-state index is -3.32. The highest BCUT2D eigenvalue weighted by Gasteiger charge is 2.31. The molecule has 0 bridgehead atoms. The number of aliphatic imine (C=N–C) groups is 1. The van der Waals surface area contributed by atoms with Crippen molar-refractivity contribution >= 4 is 21.7 Å². The quantitative estimate of drug-likeness (QED) is 0.549. The van der Waals surface area contributed by atoms with E-state index in [2.05, 4.69) is 35.7 Å². The second-order valence-corrected chi connectivity index (χ2v) is 9.54. The van der Waals surface area contributed by atoms with E-state index in [0.717, 1.165) is 31.2 Å². The maximum Gasteiger partial charge on any atom is 0.229 e. The first-order chi connectivity index (χ1) is 12.8. The molecule has 1 aromatic rings. The molecule has 1 aliphatic heterocycles. The highest BCUT2D eigenvalue weighted by molar-refractivity contribution is 7.92. The summed E-state index contributed by atoms with van der Waals surface area (Å²) < 4.78 is 25.8. The SMILES string of the molecule is CCCC1(C)CCCN(C(=NCc2ccccc2NS(C)(=O)=O)NCC)C1. The van der Waals surface area contributed by atoms with Crippen LogP contribution in [-0.4, -0.2) is 45.2 Å². The fourth-order valence-corrected chi connectivity index (χ4v) is 4.45. The van der Waals surface area contributed by atoms with E-state index >= 15 is 0 Å². The predicted octanol–water partition coefficient (Wildman–Crippen LogP) is 3.43. The summed E-state index contributed by atoms with van der Waals surface area (Å²) in [6, 6.07) is 7.42. The van der Waals surface area contributed by atoms with Gasteiger partial charge in [-0.1, -0.05) is 38.5 Å². The number of piperidine rings is 1. The number of hydrogen-bond acceptors (Lipinski definition) is 3. The van der Waals surface area contributed by atoms with Crippen molar-refractivity contribution in [2.24, 2.45) is 10.4 Å². The molecule has 1 unspecified atom stereocenters. The first-order valence-electron chi connectivity index (χ1n) is 9.85. The summed E-state index contributed by atoms with van der Waals surface area (Å²) in [5.74, 6) is 0.911. The van der Waals surface area contributed by atoms with E-state index in [1.54, 1.807) is 6.07 Å². The summed E-state index contributed by atoms with van der Waals surface area (Å²) in [4.78, 5) is 7.18. The maximum atomic E-state index is 11.6. The summed E-state index contributed by atoms with van der Waals surface area (Å²) in [5.41, 5.74) is 1.79. The monoisotopic (exact) mass is 394 g/mol. The molecule has 27 heavy (non-hydrogen) atoms. The van der Waals surface area contributed by atoms with Gasteiger partial charge in [-0.05, 0) is 43.2 Å². The number of para-hydroxylation sites is 1. The molecule has 0 saturated carbocycles. The second-order valence-electron chi connectivity index (χ2n) is 7.79. The van der Waals surface area contributed by atoms with E-state index in [0.29, 0.717) is 17.6 Å². The first kappa shape index (κ1) is 21.5. The molecule has 1 fully saturated rings. The van der Waals surface area contributed by atoms with Gasteiger partial charge in [0.1, 0.15) is 0 Å². The van der Waals surface area contributed by atoms with Crippen molar-refractivity contribution in [3.63, 3.8) is 0 Å². The molecule has 0 aliphatic carbocycles. The Hall–Kier alpha value is -1.76. The van der Waals surface area contributed by atoms with Crippen LogP contribution in [0.4, 0.5) is 5.69 Å². The van der Waals surface area contributed by atoms with Crippen molar-refractivity contribution in [1.82, 2.24) is 10.2 Å². The lowest BCUT2D eigenvalue weighted by Crippen LogP contribution is -2.49. The Kier molecular flexibility index (Phi) is 7.53. The fourth-order valence-electron chi connectivity index (χ4n) is 3.85. The Bertz CT molecular complexity index is 744. The van der Waals surface area contributed by atoms with Crippen molar-refractivity contribution in [3.05, 3.63) is 29.8 Å². The van der Waals surface area contributed by atoms with Gasteiger partial charge in [-0.2, -0.15) is 0 Å². The molecule has 6 nitrogen and oxygen atoms in total. The minimum absolute atomic E-state index is 0.332. The summed E-state index contributed by atoms with van der Waals surface area (Å²) in [6.45, 7) is 9.95.